The van der Waals surface area contributed by atoms with E-state index in [2.05, 4.69) is 203 Å². The van der Waals surface area contributed by atoms with Crippen LogP contribution in [0.2, 0.25) is 0 Å². The summed E-state index contributed by atoms with van der Waals surface area (Å²) < 4.78 is 4.87. The zero-order valence-electron chi connectivity index (χ0n) is 29.8. The lowest BCUT2D eigenvalue weighted by Gasteiger charge is -2.14. The van der Waals surface area contributed by atoms with Crippen LogP contribution >= 0.6 is 0 Å². The first-order valence-corrected chi connectivity index (χ1v) is 18.9. The van der Waals surface area contributed by atoms with E-state index in [9.17, 15) is 0 Å². The van der Waals surface area contributed by atoms with Gasteiger partial charge in [-0.2, -0.15) is 0 Å². The van der Waals surface area contributed by atoms with Crippen molar-refractivity contribution in [1.29, 1.82) is 0 Å². The highest BCUT2D eigenvalue weighted by molar-refractivity contribution is 6.12. The molecule has 0 N–H and O–H groups in total. The minimum absolute atomic E-state index is 1.05. The van der Waals surface area contributed by atoms with E-state index in [-0.39, 0.29) is 0 Å². The van der Waals surface area contributed by atoms with Crippen molar-refractivity contribution in [3.05, 3.63) is 194 Å². The summed E-state index contributed by atoms with van der Waals surface area (Å²) in [6.45, 7) is 0. The molecule has 0 amide bonds. The number of hydrogen-bond donors (Lipinski definition) is 0. The molecule has 0 aliphatic heterocycles. The third-order valence-electron chi connectivity index (χ3n) is 11.4. The van der Waals surface area contributed by atoms with Crippen LogP contribution in [-0.2, 0) is 0 Å². The number of fused-ring (bicyclic) bond motifs is 7. The second-order valence-electron chi connectivity index (χ2n) is 14.5. The largest absolute Gasteiger partial charge is 0.313 e. The van der Waals surface area contributed by atoms with E-state index in [1.807, 2.05) is 0 Å². The summed E-state index contributed by atoms with van der Waals surface area (Å²) >= 11 is 0. The van der Waals surface area contributed by atoms with Crippen molar-refractivity contribution < 1.29 is 0 Å². The first-order chi connectivity index (χ1) is 26.8. The van der Waals surface area contributed by atoms with E-state index in [4.69, 9.17) is 0 Å². The van der Waals surface area contributed by atoms with Crippen LogP contribution in [0.4, 0.5) is 0 Å². The molecular formula is C52H36N2. The Morgan fingerprint density at radius 1 is 0.352 bits per heavy atom. The zero-order chi connectivity index (χ0) is 35.6. The van der Waals surface area contributed by atoms with Crippen LogP contribution in [0.25, 0.3) is 99.1 Å². The molecule has 254 valence electrons. The number of allylic oxidation sites excluding steroid dienone is 4. The highest BCUT2D eigenvalue weighted by Crippen LogP contribution is 2.39. The standard InChI is InChI=1S/C52H36N2/c1-3-13-43(14-4-1)53-49-18-10-9-17-45(49)47-32-40(26-29-50(47)53)36-19-21-37(22-20-36)41-27-30-51-48(33-41)46-28-25-42(34-52(46)54(51)44-15-5-2-6-16-44)39-24-23-35-11-7-8-12-38(35)31-39/h1-3,5-13,15-34H,4,14H2. The third-order valence-corrected chi connectivity index (χ3v) is 11.4. The monoisotopic (exact) mass is 688 g/mol. The molecule has 2 heteroatoms. The summed E-state index contributed by atoms with van der Waals surface area (Å²) in [5, 5.41) is 7.63. The van der Waals surface area contributed by atoms with Gasteiger partial charge >= 0.3 is 0 Å². The second-order valence-corrected chi connectivity index (χ2v) is 14.5. The fraction of sp³-hybridized carbons (Fsp3) is 0.0385. The molecule has 2 aromatic heterocycles. The zero-order valence-corrected chi connectivity index (χ0v) is 29.8. The van der Waals surface area contributed by atoms with Gasteiger partial charge in [0.2, 0.25) is 0 Å². The molecule has 0 radical (unpaired) electrons. The van der Waals surface area contributed by atoms with Gasteiger partial charge in [0.05, 0.1) is 22.1 Å². The number of benzene rings is 8. The fourth-order valence-corrected chi connectivity index (χ4v) is 8.70. The first kappa shape index (κ1) is 30.7. The van der Waals surface area contributed by atoms with Crippen LogP contribution in [0.15, 0.2) is 194 Å². The maximum absolute atomic E-state index is 2.45. The molecule has 11 rings (SSSR count). The van der Waals surface area contributed by atoms with Crippen molar-refractivity contribution in [3.8, 4) is 39.1 Å². The van der Waals surface area contributed by atoms with Crippen molar-refractivity contribution >= 4 is 60.1 Å². The molecule has 0 unspecified atom stereocenters. The van der Waals surface area contributed by atoms with E-state index in [1.165, 1.54) is 93.5 Å². The number of hydrogen-bond acceptors (Lipinski definition) is 0. The summed E-state index contributed by atoms with van der Waals surface area (Å²) in [5.41, 5.74) is 14.8. The second kappa shape index (κ2) is 12.4. The van der Waals surface area contributed by atoms with Gasteiger partial charge < -0.3 is 9.13 Å². The molecule has 1 aliphatic carbocycles. The molecule has 2 heterocycles. The van der Waals surface area contributed by atoms with E-state index in [0.29, 0.717) is 0 Å². The predicted octanol–water partition coefficient (Wildman–Crippen LogP) is 14.2. The van der Waals surface area contributed by atoms with Crippen LogP contribution in [-0.4, -0.2) is 9.13 Å². The van der Waals surface area contributed by atoms with Crippen LogP contribution in [0, 0.1) is 0 Å². The van der Waals surface area contributed by atoms with Gasteiger partial charge in [-0.05, 0) is 118 Å². The van der Waals surface area contributed by atoms with Gasteiger partial charge in [-0.15, -0.1) is 0 Å². The Labute approximate surface area is 314 Å². The SMILES string of the molecule is C1=CCCC(n2c3ccccc3c3cc(-c4ccc(-c5ccc6c(c5)c5ccc(-c7ccc8ccccc8c7)cc5n6-c5ccccc5)cc4)ccc32)=C1. The normalized spacial score (nSPS) is 13.1. The molecule has 2 nitrogen and oxygen atoms in total. The lowest BCUT2D eigenvalue weighted by atomic mass is 9.97. The molecule has 0 atom stereocenters. The Morgan fingerprint density at radius 2 is 0.907 bits per heavy atom. The highest BCUT2D eigenvalue weighted by Gasteiger charge is 2.17. The van der Waals surface area contributed by atoms with Crippen molar-refractivity contribution in [2.75, 3.05) is 0 Å². The average molecular weight is 689 g/mol. The van der Waals surface area contributed by atoms with E-state index in [0.717, 1.165) is 18.5 Å². The number of para-hydroxylation sites is 2. The predicted molar refractivity (Wildman–Crippen MR) is 230 cm³/mol. The Bertz CT molecular complexity index is 3130. The third kappa shape index (κ3) is 4.95. The lowest BCUT2D eigenvalue weighted by Crippen LogP contribution is -1.98. The van der Waals surface area contributed by atoms with E-state index >= 15 is 0 Å². The van der Waals surface area contributed by atoms with E-state index in [1.54, 1.807) is 0 Å². The van der Waals surface area contributed by atoms with Crippen molar-refractivity contribution in [2.45, 2.75) is 12.8 Å². The van der Waals surface area contributed by atoms with Gasteiger partial charge in [-0.25, -0.2) is 0 Å². The summed E-state index contributed by atoms with van der Waals surface area (Å²) in [6, 6.07) is 64.8. The molecule has 10 aromatic rings. The smallest absolute Gasteiger partial charge is 0.0547 e. The minimum Gasteiger partial charge on any atom is -0.313 e. The van der Waals surface area contributed by atoms with Crippen LogP contribution in [0.5, 0.6) is 0 Å². The lowest BCUT2D eigenvalue weighted by molar-refractivity contribution is 0.979. The Kier molecular flexibility index (Phi) is 7.03. The van der Waals surface area contributed by atoms with Crippen molar-refractivity contribution in [3.63, 3.8) is 0 Å². The molecule has 0 saturated carbocycles. The quantitative estimate of drug-likeness (QED) is 0.170. The van der Waals surface area contributed by atoms with E-state index < -0.39 is 0 Å². The number of nitrogens with zero attached hydrogens (tertiary/aromatic N) is 2. The first-order valence-electron chi connectivity index (χ1n) is 18.9. The summed E-state index contributed by atoms with van der Waals surface area (Å²) in [7, 11) is 0. The Morgan fingerprint density at radius 3 is 1.65 bits per heavy atom. The highest BCUT2D eigenvalue weighted by atomic mass is 15.0. The van der Waals surface area contributed by atoms with Gasteiger partial charge in [0.15, 0.2) is 0 Å². The molecule has 0 spiro atoms. The Hall–Kier alpha value is -6.90. The van der Waals surface area contributed by atoms with Crippen LogP contribution in [0.3, 0.4) is 0 Å². The van der Waals surface area contributed by atoms with Crippen molar-refractivity contribution in [2.24, 2.45) is 0 Å². The molecule has 54 heavy (non-hydrogen) atoms. The summed E-state index contributed by atoms with van der Waals surface area (Å²) in [4.78, 5) is 0. The molecular weight excluding hydrogens is 653 g/mol. The molecule has 0 saturated heterocycles. The molecule has 1 aliphatic rings. The average Bonchev–Trinajstić information content (AvgIpc) is 3.76. The molecule has 8 aromatic carbocycles. The van der Waals surface area contributed by atoms with Crippen LogP contribution in [0.1, 0.15) is 12.8 Å². The molecule has 0 bridgehead atoms. The maximum Gasteiger partial charge on any atom is 0.0547 e. The molecule has 0 fully saturated rings. The van der Waals surface area contributed by atoms with Crippen LogP contribution < -0.4 is 0 Å². The van der Waals surface area contributed by atoms with Gasteiger partial charge in [0.25, 0.3) is 0 Å². The maximum atomic E-state index is 2.45. The summed E-state index contributed by atoms with van der Waals surface area (Å²) in [5.74, 6) is 0. The van der Waals surface area contributed by atoms with Gasteiger partial charge in [-0.1, -0.05) is 133 Å². The number of aromatic nitrogens is 2. The number of rotatable bonds is 5. The van der Waals surface area contributed by atoms with Gasteiger partial charge in [-0.3, -0.25) is 0 Å². The van der Waals surface area contributed by atoms with Gasteiger partial charge in [0.1, 0.15) is 0 Å². The van der Waals surface area contributed by atoms with Crippen molar-refractivity contribution in [1.82, 2.24) is 9.13 Å². The fourth-order valence-electron chi connectivity index (χ4n) is 8.70. The summed E-state index contributed by atoms with van der Waals surface area (Å²) in [6.07, 6.45) is 8.85. The van der Waals surface area contributed by atoms with Gasteiger partial charge in [0, 0.05) is 32.9 Å². The minimum atomic E-state index is 1.05. The topological polar surface area (TPSA) is 9.86 Å². The Balaban J connectivity index is 0.993.